The monoisotopic (exact) mass is 294 g/mol. The number of nitrogens with one attached hydrogen (secondary N) is 2. The molecule has 0 bridgehead atoms. The van der Waals surface area contributed by atoms with Gasteiger partial charge >= 0.3 is 0 Å². The lowest BCUT2D eigenvalue weighted by molar-refractivity contribution is 0.146. The van der Waals surface area contributed by atoms with E-state index in [0.29, 0.717) is 30.2 Å². The highest BCUT2D eigenvalue weighted by Gasteiger charge is 2.24. The van der Waals surface area contributed by atoms with E-state index in [0.717, 1.165) is 6.54 Å². The van der Waals surface area contributed by atoms with Crippen molar-refractivity contribution >= 4 is 24.0 Å². The molecule has 1 aliphatic rings. The number of hydrogen-bond donors (Lipinski definition) is 3. The molecule has 0 spiro atoms. The second-order valence-corrected chi connectivity index (χ2v) is 4.79. The van der Waals surface area contributed by atoms with Crippen molar-refractivity contribution in [3.63, 3.8) is 0 Å². The van der Waals surface area contributed by atoms with Gasteiger partial charge in [-0.3, -0.25) is 0 Å². The molecule has 0 radical (unpaired) electrons. The van der Waals surface area contributed by atoms with Crippen LogP contribution in [-0.4, -0.2) is 30.8 Å². The van der Waals surface area contributed by atoms with Gasteiger partial charge in [0, 0.05) is 42.7 Å². The van der Waals surface area contributed by atoms with Crippen LogP contribution in [0.1, 0.15) is 5.56 Å². The maximum absolute atomic E-state index is 13.4. The lowest BCUT2D eigenvalue weighted by Crippen LogP contribution is -2.30. The van der Waals surface area contributed by atoms with Gasteiger partial charge in [0.2, 0.25) is 0 Å². The highest BCUT2D eigenvalue weighted by Crippen LogP contribution is 2.14. The second-order valence-electron chi connectivity index (χ2n) is 4.35. The topological polar surface area (TPSA) is 44.3 Å². The Balaban J connectivity index is 0.00000162. The third-order valence-electron chi connectivity index (χ3n) is 3.04. The van der Waals surface area contributed by atoms with Crippen LogP contribution in [0, 0.1) is 11.7 Å². The summed E-state index contributed by atoms with van der Waals surface area (Å²) in [6, 6.07) is 4.66. The summed E-state index contributed by atoms with van der Waals surface area (Å²) in [5.74, 6) is -0.0968. The summed E-state index contributed by atoms with van der Waals surface area (Å²) in [5.41, 5.74) is 0.592. The zero-order valence-corrected chi connectivity index (χ0v) is 11.4. The van der Waals surface area contributed by atoms with Crippen LogP contribution in [0.4, 0.5) is 4.39 Å². The van der Waals surface area contributed by atoms with E-state index in [1.54, 1.807) is 12.1 Å². The van der Waals surface area contributed by atoms with Gasteiger partial charge in [0.1, 0.15) is 5.82 Å². The van der Waals surface area contributed by atoms with E-state index in [1.165, 1.54) is 6.07 Å². The lowest BCUT2D eigenvalue weighted by atomic mass is 10.1. The summed E-state index contributed by atoms with van der Waals surface area (Å²) < 4.78 is 13.4. The summed E-state index contributed by atoms with van der Waals surface area (Å²) in [6.45, 7) is 2.57. The van der Waals surface area contributed by atoms with Crippen molar-refractivity contribution in [1.82, 2.24) is 10.6 Å². The molecule has 0 aliphatic carbocycles. The van der Waals surface area contributed by atoms with Crippen molar-refractivity contribution in [3.8, 4) is 0 Å². The van der Waals surface area contributed by atoms with E-state index < -0.39 is 0 Å². The third-order valence-corrected chi connectivity index (χ3v) is 3.28. The number of β-amino-alcohol motifs (C(OH)–C–C–N with tert-alkyl or cyclic N) is 1. The van der Waals surface area contributed by atoms with Gasteiger partial charge in [-0.2, -0.15) is 0 Å². The van der Waals surface area contributed by atoms with Crippen molar-refractivity contribution in [2.24, 2.45) is 5.92 Å². The van der Waals surface area contributed by atoms with Gasteiger partial charge in [-0.05, 0) is 12.1 Å². The maximum Gasteiger partial charge on any atom is 0.129 e. The minimum absolute atomic E-state index is 0. The zero-order chi connectivity index (χ0) is 12.3. The largest absolute Gasteiger partial charge is 0.391 e. The van der Waals surface area contributed by atoms with Crippen LogP contribution in [0.3, 0.4) is 0 Å². The van der Waals surface area contributed by atoms with Gasteiger partial charge in [-0.1, -0.05) is 17.7 Å². The first-order valence-corrected chi connectivity index (χ1v) is 6.08. The summed E-state index contributed by atoms with van der Waals surface area (Å²) in [7, 11) is 0. The first-order valence-electron chi connectivity index (χ1n) is 5.70. The normalized spacial score (nSPS) is 22.8. The van der Waals surface area contributed by atoms with Crippen LogP contribution in [0.15, 0.2) is 18.2 Å². The Labute approximate surface area is 117 Å². The van der Waals surface area contributed by atoms with Crippen LogP contribution in [0.5, 0.6) is 0 Å². The maximum atomic E-state index is 13.4. The fraction of sp³-hybridized carbons (Fsp3) is 0.500. The molecule has 1 fully saturated rings. The Morgan fingerprint density at radius 1 is 1.44 bits per heavy atom. The van der Waals surface area contributed by atoms with Crippen molar-refractivity contribution < 1.29 is 9.50 Å². The minimum atomic E-state index is -0.308. The number of benzene rings is 1. The van der Waals surface area contributed by atoms with Crippen molar-refractivity contribution in [3.05, 3.63) is 34.6 Å². The molecule has 18 heavy (non-hydrogen) atoms. The Bertz CT molecular complexity index is 392. The molecule has 0 aromatic heterocycles. The van der Waals surface area contributed by atoms with Gasteiger partial charge in [-0.15, -0.1) is 12.4 Å². The molecule has 1 heterocycles. The van der Waals surface area contributed by atoms with Crippen molar-refractivity contribution in [2.75, 3.05) is 19.6 Å². The van der Waals surface area contributed by atoms with Crippen LogP contribution in [-0.2, 0) is 6.54 Å². The summed E-state index contributed by atoms with van der Waals surface area (Å²) in [5, 5.41) is 16.2. The Morgan fingerprint density at radius 3 is 2.83 bits per heavy atom. The first kappa shape index (κ1) is 15.7. The van der Waals surface area contributed by atoms with E-state index in [9.17, 15) is 9.50 Å². The number of aliphatic hydroxyl groups excluding tert-OH is 1. The average molecular weight is 295 g/mol. The molecule has 2 atom stereocenters. The van der Waals surface area contributed by atoms with Gasteiger partial charge in [-0.25, -0.2) is 4.39 Å². The highest BCUT2D eigenvalue weighted by atomic mass is 35.5. The quantitative estimate of drug-likeness (QED) is 0.790. The smallest absolute Gasteiger partial charge is 0.129 e. The molecular weight excluding hydrogens is 278 g/mol. The van der Waals surface area contributed by atoms with Crippen LogP contribution in [0.2, 0.25) is 5.02 Å². The van der Waals surface area contributed by atoms with Crippen molar-refractivity contribution in [2.45, 2.75) is 12.6 Å². The Hall–Kier alpha value is -0.390. The Morgan fingerprint density at radius 2 is 2.22 bits per heavy atom. The van der Waals surface area contributed by atoms with Gasteiger partial charge in [0.25, 0.3) is 0 Å². The fourth-order valence-electron chi connectivity index (χ4n) is 1.98. The molecule has 1 aromatic rings. The molecule has 6 heteroatoms. The van der Waals surface area contributed by atoms with Crippen LogP contribution < -0.4 is 10.6 Å². The average Bonchev–Trinajstić information content (AvgIpc) is 2.68. The standard InChI is InChI=1S/C12H16ClFN2O.ClH/c13-10-2-1-8(11(14)3-10)4-15-5-9-6-16-7-12(9)17;/h1-3,9,12,15-17H,4-7H2;1H. The van der Waals surface area contributed by atoms with Crippen molar-refractivity contribution in [1.29, 1.82) is 0 Å². The van der Waals surface area contributed by atoms with Crippen LogP contribution in [0.25, 0.3) is 0 Å². The molecule has 102 valence electrons. The van der Waals surface area contributed by atoms with E-state index in [-0.39, 0.29) is 30.2 Å². The van der Waals surface area contributed by atoms with E-state index in [4.69, 9.17) is 11.6 Å². The SMILES string of the molecule is Cl.OC1CNCC1CNCc1ccc(Cl)cc1F. The summed E-state index contributed by atoms with van der Waals surface area (Å²) >= 11 is 5.67. The van der Waals surface area contributed by atoms with E-state index >= 15 is 0 Å². The van der Waals surface area contributed by atoms with E-state index in [2.05, 4.69) is 10.6 Å². The summed E-state index contributed by atoms with van der Waals surface area (Å²) in [4.78, 5) is 0. The molecule has 1 aromatic carbocycles. The predicted octanol–water partition coefficient (Wildman–Crippen LogP) is 1.57. The van der Waals surface area contributed by atoms with E-state index in [1.807, 2.05) is 0 Å². The number of aliphatic hydroxyl groups is 1. The Kier molecular flexibility index (Phi) is 6.32. The lowest BCUT2D eigenvalue weighted by Gasteiger charge is -2.14. The molecule has 1 saturated heterocycles. The molecule has 0 amide bonds. The fourth-order valence-corrected chi connectivity index (χ4v) is 2.14. The third kappa shape index (κ3) is 4.07. The molecule has 3 nitrogen and oxygen atoms in total. The number of halogens is 3. The number of rotatable bonds is 4. The van der Waals surface area contributed by atoms with Crippen LogP contribution >= 0.6 is 24.0 Å². The predicted molar refractivity (Wildman–Crippen MR) is 72.7 cm³/mol. The first-order chi connectivity index (χ1) is 8.16. The summed E-state index contributed by atoms with van der Waals surface area (Å²) in [6.07, 6.45) is -0.308. The van der Waals surface area contributed by atoms with Gasteiger partial charge in [0.15, 0.2) is 0 Å². The number of hydrogen-bond acceptors (Lipinski definition) is 3. The minimum Gasteiger partial charge on any atom is -0.391 e. The molecule has 1 aliphatic heterocycles. The molecule has 3 N–H and O–H groups in total. The molecule has 2 unspecified atom stereocenters. The van der Waals surface area contributed by atoms with Gasteiger partial charge in [0.05, 0.1) is 6.10 Å². The second kappa shape index (κ2) is 7.26. The molecule has 0 saturated carbocycles. The molecular formula is C12H17Cl2FN2O. The van der Waals surface area contributed by atoms with Gasteiger partial charge < -0.3 is 15.7 Å². The zero-order valence-electron chi connectivity index (χ0n) is 9.83. The highest BCUT2D eigenvalue weighted by molar-refractivity contribution is 6.30. The molecule has 2 rings (SSSR count).